The van der Waals surface area contributed by atoms with E-state index in [1.54, 1.807) is 54.9 Å². The minimum atomic E-state index is -3.88. The van der Waals surface area contributed by atoms with Gasteiger partial charge in [-0.15, -0.1) is 0 Å². The summed E-state index contributed by atoms with van der Waals surface area (Å²) in [5.41, 5.74) is 2.24. The number of nitrogens with zero attached hydrogens (tertiary/aromatic N) is 1. The SMILES string of the molecule is O=C(NCc1cccnc1)c1cc(NC2CCCCC2)cc(S(=O)(=O)Nc2ccccc2)c1. The predicted octanol–water partition coefficient (Wildman–Crippen LogP) is 4.56. The van der Waals surface area contributed by atoms with Gasteiger partial charge >= 0.3 is 0 Å². The van der Waals surface area contributed by atoms with Crippen LogP contribution in [0.2, 0.25) is 0 Å². The van der Waals surface area contributed by atoms with E-state index in [2.05, 4.69) is 20.3 Å². The van der Waals surface area contributed by atoms with Gasteiger partial charge in [-0.25, -0.2) is 8.42 Å². The number of benzene rings is 2. The zero-order chi connectivity index (χ0) is 23.1. The molecule has 1 saturated carbocycles. The van der Waals surface area contributed by atoms with Gasteiger partial charge < -0.3 is 10.6 Å². The lowest BCUT2D eigenvalue weighted by atomic mass is 9.95. The van der Waals surface area contributed by atoms with E-state index in [1.165, 1.54) is 12.5 Å². The number of pyridine rings is 1. The van der Waals surface area contributed by atoms with E-state index >= 15 is 0 Å². The maximum atomic E-state index is 13.1. The van der Waals surface area contributed by atoms with Crippen LogP contribution in [0.15, 0.2) is 78.0 Å². The lowest BCUT2D eigenvalue weighted by Gasteiger charge is -2.24. The van der Waals surface area contributed by atoms with E-state index in [9.17, 15) is 13.2 Å². The second-order valence-electron chi connectivity index (χ2n) is 8.24. The molecule has 0 radical (unpaired) electrons. The molecule has 1 aliphatic carbocycles. The first-order valence-corrected chi connectivity index (χ1v) is 12.6. The Bertz CT molecular complexity index is 1180. The number of carbonyl (C=O) groups excluding carboxylic acids is 1. The Morgan fingerprint density at radius 1 is 0.939 bits per heavy atom. The van der Waals surface area contributed by atoms with Crippen LogP contribution >= 0.6 is 0 Å². The molecule has 0 saturated heterocycles. The number of nitrogens with one attached hydrogen (secondary N) is 3. The monoisotopic (exact) mass is 464 g/mol. The van der Waals surface area contributed by atoms with Gasteiger partial charge in [0.2, 0.25) is 0 Å². The third kappa shape index (κ3) is 6.32. The average molecular weight is 465 g/mol. The first-order valence-electron chi connectivity index (χ1n) is 11.2. The van der Waals surface area contributed by atoms with Crippen molar-refractivity contribution in [2.24, 2.45) is 0 Å². The van der Waals surface area contributed by atoms with Gasteiger partial charge in [0.15, 0.2) is 0 Å². The van der Waals surface area contributed by atoms with Crippen molar-refractivity contribution in [3.05, 3.63) is 84.2 Å². The number of hydrogen-bond acceptors (Lipinski definition) is 5. The normalized spacial score (nSPS) is 14.4. The Kier molecular flexibility index (Phi) is 7.24. The number of sulfonamides is 1. The van der Waals surface area contributed by atoms with Crippen molar-refractivity contribution in [3.63, 3.8) is 0 Å². The highest BCUT2D eigenvalue weighted by Crippen LogP contribution is 2.26. The van der Waals surface area contributed by atoms with Crippen molar-refractivity contribution in [3.8, 4) is 0 Å². The van der Waals surface area contributed by atoms with E-state index in [0.29, 0.717) is 17.9 Å². The summed E-state index contributed by atoms with van der Waals surface area (Å²) in [5.74, 6) is -0.345. The predicted molar refractivity (Wildman–Crippen MR) is 130 cm³/mol. The maximum absolute atomic E-state index is 13.1. The van der Waals surface area contributed by atoms with E-state index < -0.39 is 10.0 Å². The van der Waals surface area contributed by atoms with Gasteiger partial charge in [0, 0.05) is 41.9 Å². The van der Waals surface area contributed by atoms with Gasteiger partial charge in [0.1, 0.15) is 0 Å². The molecule has 1 heterocycles. The van der Waals surface area contributed by atoms with Gasteiger partial charge in [0.25, 0.3) is 15.9 Å². The summed E-state index contributed by atoms with van der Waals surface area (Å²) < 4.78 is 28.8. The minimum Gasteiger partial charge on any atom is -0.382 e. The van der Waals surface area contributed by atoms with E-state index in [1.807, 2.05) is 12.1 Å². The number of anilines is 2. The third-order valence-electron chi connectivity index (χ3n) is 5.66. The van der Waals surface area contributed by atoms with E-state index in [-0.39, 0.29) is 22.4 Å². The summed E-state index contributed by atoms with van der Waals surface area (Å²) in [4.78, 5) is 17.0. The van der Waals surface area contributed by atoms with E-state index in [4.69, 9.17) is 0 Å². The quantitative estimate of drug-likeness (QED) is 0.454. The first-order chi connectivity index (χ1) is 16.0. The summed E-state index contributed by atoms with van der Waals surface area (Å²) >= 11 is 0. The molecule has 1 aromatic heterocycles. The van der Waals surface area contributed by atoms with Crippen molar-refractivity contribution in [1.29, 1.82) is 0 Å². The zero-order valence-corrected chi connectivity index (χ0v) is 19.1. The second-order valence-corrected chi connectivity index (χ2v) is 9.92. The molecule has 1 fully saturated rings. The number of para-hydroxylation sites is 1. The van der Waals surface area contributed by atoms with Crippen molar-refractivity contribution in [1.82, 2.24) is 10.3 Å². The van der Waals surface area contributed by atoms with Crippen molar-refractivity contribution in [2.45, 2.75) is 49.6 Å². The van der Waals surface area contributed by atoms with Gasteiger partial charge in [-0.2, -0.15) is 0 Å². The van der Waals surface area contributed by atoms with Crippen molar-refractivity contribution >= 4 is 27.3 Å². The van der Waals surface area contributed by atoms with Gasteiger partial charge in [0.05, 0.1) is 4.90 Å². The van der Waals surface area contributed by atoms with Crippen LogP contribution in [0.1, 0.15) is 48.0 Å². The molecule has 33 heavy (non-hydrogen) atoms. The van der Waals surface area contributed by atoms with Gasteiger partial charge in [-0.1, -0.05) is 43.5 Å². The molecule has 2 aromatic carbocycles. The number of carbonyl (C=O) groups is 1. The highest BCUT2D eigenvalue weighted by molar-refractivity contribution is 7.92. The molecule has 0 unspecified atom stereocenters. The summed E-state index contributed by atoms with van der Waals surface area (Å²) in [6.45, 7) is 0.303. The maximum Gasteiger partial charge on any atom is 0.261 e. The lowest BCUT2D eigenvalue weighted by Crippen LogP contribution is -2.25. The Labute approximate surface area is 194 Å². The largest absolute Gasteiger partial charge is 0.382 e. The van der Waals surface area contributed by atoms with Crippen molar-refractivity contribution < 1.29 is 13.2 Å². The zero-order valence-electron chi connectivity index (χ0n) is 18.3. The molecule has 0 atom stereocenters. The molecule has 0 spiro atoms. The van der Waals surface area contributed by atoms with Crippen molar-refractivity contribution in [2.75, 3.05) is 10.0 Å². The minimum absolute atomic E-state index is 0.0405. The summed E-state index contributed by atoms with van der Waals surface area (Å²) in [7, 11) is -3.88. The highest BCUT2D eigenvalue weighted by atomic mass is 32.2. The molecule has 3 aromatic rings. The molecule has 3 N–H and O–H groups in total. The van der Waals surface area contributed by atoms with Crippen LogP contribution in [-0.4, -0.2) is 25.4 Å². The number of amides is 1. The molecular formula is C25H28N4O3S. The Balaban J connectivity index is 1.60. The summed E-state index contributed by atoms with van der Waals surface area (Å²) in [5, 5.41) is 6.30. The Morgan fingerprint density at radius 2 is 1.73 bits per heavy atom. The molecule has 0 aliphatic heterocycles. The number of aromatic nitrogens is 1. The fourth-order valence-electron chi connectivity index (χ4n) is 3.96. The first kappa shape index (κ1) is 22.8. The number of rotatable bonds is 8. The fraction of sp³-hybridized carbons (Fsp3) is 0.280. The van der Waals surface area contributed by atoms with Gasteiger partial charge in [-0.05, 0) is 54.8 Å². The standard InChI is InChI=1S/C25H28N4O3S/c30-25(27-18-19-8-7-13-26-17-19)20-14-23(28-21-9-3-1-4-10-21)16-24(15-20)33(31,32)29-22-11-5-2-6-12-22/h2,5-8,11-17,21,28-29H,1,3-4,9-10,18H2,(H,27,30). The molecule has 8 heteroatoms. The average Bonchev–Trinajstić information content (AvgIpc) is 2.84. The van der Waals surface area contributed by atoms with E-state index in [0.717, 1.165) is 31.2 Å². The molecule has 0 bridgehead atoms. The molecule has 1 amide bonds. The fourth-order valence-corrected chi connectivity index (χ4v) is 5.09. The van der Waals surface area contributed by atoms with Crippen LogP contribution in [0.3, 0.4) is 0 Å². The molecule has 172 valence electrons. The van der Waals surface area contributed by atoms with Crippen LogP contribution < -0.4 is 15.4 Å². The smallest absolute Gasteiger partial charge is 0.261 e. The molecular weight excluding hydrogens is 436 g/mol. The Hall–Kier alpha value is -3.39. The molecule has 7 nitrogen and oxygen atoms in total. The molecule has 1 aliphatic rings. The topological polar surface area (TPSA) is 100 Å². The summed E-state index contributed by atoms with van der Waals surface area (Å²) in [6, 6.07) is 17.4. The lowest BCUT2D eigenvalue weighted by molar-refractivity contribution is 0.0950. The van der Waals surface area contributed by atoms with Crippen LogP contribution in [0, 0.1) is 0 Å². The highest BCUT2D eigenvalue weighted by Gasteiger charge is 2.20. The Morgan fingerprint density at radius 3 is 2.45 bits per heavy atom. The second kappa shape index (κ2) is 10.5. The van der Waals surface area contributed by atoms with Crippen LogP contribution in [0.25, 0.3) is 0 Å². The number of hydrogen-bond donors (Lipinski definition) is 3. The van der Waals surface area contributed by atoms with Crippen LogP contribution in [0.4, 0.5) is 11.4 Å². The molecule has 4 rings (SSSR count). The third-order valence-corrected chi connectivity index (χ3v) is 7.02. The van der Waals surface area contributed by atoms with Crippen LogP contribution in [0.5, 0.6) is 0 Å². The van der Waals surface area contributed by atoms with Gasteiger partial charge in [-0.3, -0.25) is 14.5 Å². The summed E-state index contributed by atoms with van der Waals surface area (Å²) in [6.07, 6.45) is 8.91. The van der Waals surface area contributed by atoms with Crippen LogP contribution in [-0.2, 0) is 16.6 Å².